The Labute approximate surface area is 169 Å². The number of nitrogens with zero attached hydrogens (tertiary/aromatic N) is 1. The van der Waals surface area contributed by atoms with Crippen LogP contribution in [0.1, 0.15) is 51.5 Å². The van der Waals surface area contributed by atoms with Gasteiger partial charge in [0.05, 0.1) is 17.6 Å². The molecule has 0 spiro atoms. The molecule has 0 saturated carbocycles. The fourth-order valence-electron chi connectivity index (χ4n) is 3.23. The lowest BCUT2D eigenvalue weighted by atomic mass is 10.2. The summed E-state index contributed by atoms with van der Waals surface area (Å²) in [5.74, 6) is -1.12. The van der Waals surface area contributed by atoms with Crippen molar-refractivity contribution in [3.63, 3.8) is 0 Å². The van der Waals surface area contributed by atoms with Crippen LogP contribution in [0.2, 0.25) is 0 Å². The lowest BCUT2D eigenvalue weighted by Crippen LogP contribution is -2.36. The van der Waals surface area contributed by atoms with Gasteiger partial charge in [-0.15, -0.1) is 0 Å². The van der Waals surface area contributed by atoms with Crippen LogP contribution in [0.5, 0.6) is 0 Å². The predicted molar refractivity (Wildman–Crippen MR) is 103 cm³/mol. The van der Waals surface area contributed by atoms with Crippen molar-refractivity contribution in [2.24, 2.45) is 0 Å². The summed E-state index contributed by atoms with van der Waals surface area (Å²) in [5.41, 5.74) is 0.519. The van der Waals surface area contributed by atoms with Crippen LogP contribution in [-0.2, 0) is 26.1 Å². The van der Waals surface area contributed by atoms with Crippen molar-refractivity contribution in [1.29, 1.82) is 0 Å². The number of hydrogen-bond acceptors (Lipinski definition) is 7. The van der Waals surface area contributed by atoms with E-state index in [1.54, 1.807) is 25.1 Å². The van der Waals surface area contributed by atoms with Gasteiger partial charge in [0.1, 0.15) is 12.4 Å². The highest BCUT2D eigenvalue weighted by molar-refractivity contribution is 7.89. The summed E-state index contributed by atoms with van der Waals surface area (Å²) in [6.45, 7) is 2.30. The van der Waals surface area contributed by atoms with E-state index in [2.05, 4.69) is 4.74 Å². The van der Waals surface area contributed by atoms with Gasteiger partial charge >= 0.3 is 11.9 Å². The average Bonchev–Trinajstić information content (AvgIpc) is 3.12. The van der Waals surface area contributed by atoms with Crippen LogP contribution < -0.4 is 0 Å². The first-order valence-electron chi connectivity index (χ1n) is 9.28. The third-order valence-corrected chi connectivity index (χ3v) is 6.68. The number of carbonyl (C=O) groups excluding carboxylic acids is 2. The Balaban J connectivity index is 1.78. The zero-order valence-corrected chi connectivity index (χ0v) is 17.2. The van der Waals surface area contributed by atoms with E-state index in [1.807, 2.05) is 0 Å². The van der Waals surface area contributed by atoms with Crippen LogP contribution in [-0.4, -0.2) is 44.9 Å². The first-order chi connectivity index (χ1) is 13.8. The second-order valence-electron chi connectivity index (χ2n) is 6.75. The van der Waals surface area contributed by atoms with E-state index in [1.165, 1.54) is 23.5 Å². The number of piperidine rings is 1. The second kappa shape index (κ2) is 8.79. The highest BCUT2D eigenvalue weighted by Gasteiger charge is 2.30. The van der Waals surface area contributed by atoms with Gasteiger partial charge < -0.3 is 13.9 Å². The Morgan fingerprint density at radius 1 is 1.10 bits per heavy atom. The Kier molecular flexibility index (Phi) is 6.39. The first kappa shape index (κ1) is 21.1. The molecule has 0 aliphatic carbocycles. The first-order valence-corrected chi connectivity index (χ1v) is 10.7. The third-order valence-electron chi connectivity index (χ3n) is 4.72. The summed E-state index contributed by atoms with van der Waals surface area (Å²) in [6.07, 6.45) is 2.59. The molecule has 0 unspecified atom stereocenters. The van der Waals surface area contributed by atoms with Crippen LogP contribution >= 0.6 is 0 Å². The van der Waals surface area contributed by atoms with Crippen LogP contribution in [0.15, 0.2) is 39.6 Å². The van der Waals surface area contributed by atoms with E-state index in [4.69, 9.17) is 9.15 Å². The SMILES string of the molecule is COC(=O)c1oc(COC(=O)c2ccccc2S(=O)(=O)N2CCCCC2)cc1C. The van der Waals surface area contributed by atoms with Gasteiger partial charge in [-0.25, -0.2) is 18.0 Å². The van der Waals surface area contributed by atoms with E-state index in [0.29, 0.717) is 18.7 Å². The van der Waals surface area contributed by atoms with E-state index in [0.717, 1.165) is 19.3 Å². The van der Waals surface area contributed by atoms with Gasteiger partial charge in [-0.1, -0.05) is 18.6 Å². The molecule has 8 nitrogen and oxygen atoms in total. The summed E-state index contributed by atoms with van der Waals surface area (Å²) >= 11 is 0. The zero-order chi connectivity index (χ0) is 21.0. The number of methoxy groups -OCH3 is 1. The van der Waals surface area contributed by atoms with Gasteiger partial charge in [0.2, 0.25) is 15.8 Å². The number of aryl methyl sites for hydroxylation is 1. The maximum absolute atomic E-state index is 13.0. The third kappa shape index (κ3) is 4.51. The topological polar surface area (TPSA) is 103 Å². The molecule has 1 saturated heterocycles. The van der Waals surface area contributed by atoms with Crippen molar-refractivity contribution in [3.8, 4) is 0 Å². The maximum Gasteiger partial charge on any atom is 0.374 e. The normalized spacial score (nSPS) is 15.1. The fraction of sp³-hybridized carbons (Fsp3) is 0.400. The lowest BCUT2D eigenvalue weighted by molar-refractivity contribution is 0.0433. The summed E-state index contributed by atoms with van der Waals surface area (Å²) < 4.78 is 42.6. The number of esters is 2. The molecule has 0 N–H and O–H groups in total. The second-order valence-corrected chi connectivity index (χ2v) is 8.66. The summed E-state index contributed by atoms with van der Waals surface area (Å²) in [6, 6.07) is 7.56. The molecule has 0 atom stereocenters. The van der Waals surface area contributed by atoms with Crippen LogP contribution in [0.25, 0.3) is 0 Å². The van der Waals surface area contributed by atoms with Crippen molar-refractivity contribution in [3.05, 3.63) is 53.0 Å². The zero-order valence-electron chi connectivity index (χ0n) is 16.3. The molecule has 1 aliphatic heterocycles. The quantitative estimate of drug-likeness (QED) is 0.661. The fourth-order valence-corrected chi connectivity index (χ4v) is 4.93. The van der Waals surface area contributed by atoms with Gasteiger partial charge in [-0.05, 0) is 38.0 Å². The molecule has 0 radical (unpaired) electrons. The molecule has 2 aromatic rings. The molecule has 1 aliphatic rings. The number of hydrogen-bond donors (Lipinski definition) is 0. The molecule has 0 amide bonds. The van der Waals surface area contributed by atoms with Gasteiger partial charge in [0, 0.05) is 18.7 Å². The molecule has 1 aromatic heterocycles. The Hall–Kier alpha value is -2.65. The highest BCUT2D eigenvalue weighted by Crippen LogP contribution is 2.25. The molecular weight excluding hydrogens is 398 g/mol. The number of ether oxygens (including phenoxy) is 2. The minimum Gasteiger partial charge on any atom is -0.463 e. The Bertz CT molecular complexity index is 1000. The van der Waals surface area contributed by atoms with Crippen molar-refractivity contribution in [2.75, 3.05) is 20.2 Å². The summed E-state index contributed by atoms with van der Waals surface area (Å²) in [7, 11) is -2.55. The van der Waals surface area contributed by atoms with Crippen molar-refractivity contribution in [2.45, 2.75) is 37.7 Å². The summed E-state index contributed by atoms with van der Waals surface area (Å²) in [4.78, 5) is 24.2. The summed E-state index contributed by atoms with van der Waals surface area (Å²) in [5, 5.41) is 0. The molecule has 9 heteroatoms. The average molecular weight is 421 g/mol. The monoisotopic (exact) mass is 421 g/mol. The van der Waals surface area contributed by atoms with Crippen LogP contribution in [0.4, 0.5) is 0 Å². The maximum atomic E-state index is 13.0. The smallest absolute Gasteiger partial charge is 0.374 e. The predicted octanol–water partition coefficient (Wildman–Crippen LogP) is 2.91. The van der Waals surface area contributed by atoms with E-state index < -0.39 is 22.0 Å². The van der Waals surface area contributed by atoms with Gasteiger partial charge in [0.25, 0.3) is 0 Å². The number of rotatable bonds is 6. The molecule has 1 aromatic carbocycles. The number of benzene rings is 1. The Morgan fingerprint density at radius 2 is 1.79 bits per heavy atom. The van der Waals surface area contributed by atoms with E-state index in [-0.39, 0.29) is 28.6 Å². The minimum absolute atomic E-state index is 0.0328. The number of furan rings is 1. The van der Waals surface area contributed by atoms with Gasteiger partial charge in [-0.3, -0.25) is 0 Å². The minimum atomic E-state index is -3.79. The van der Waals surface area contributed by atoms with E-state index in [9.17, 15) is 18.0 Å². The van der Waals surface area contributed by atoms with Crippen molar-refractivity contribution < 1.29 is 31.9 Å². The van der Waals surface area contributed by atoms with Crippen LogP contribution in [0, 0.1) is 6.92 Å². The Morgan fingerprint density at radius 3 is 2.48 bits per heavy atom. The largest absolute Gasteiger partial charge is 0.463 e. The molecule has 2 heterocycles. The molecule has 156 valence electrons. The van der Waals surface area contributed by atoms with Gasteiger partial charge in [-0.2, -0.15) is 4.31 Å². The van der Waals surface area contributed by atoms with Gasteiger partial charge in [0.15, 0.2) is 0 Å². The van der Waals surface area contributed by atoms with Crippen molar-refractivity contribution in [1.82, 2.24) is 4.31 Å². The van der Waals surface area contributed by atoms with E-state index >= 15 is 0 Å². The number of carbonyl (C=O) groups is 2. The molecular formula is C20H23NO7S. The molecule has 1 fully saturated rings. The standard InChI is InChI=1S/C20H23NO7S/c1-14-12-15(28-18(14)20(23)26-2)13-27-19(22)16-8-4-5-9-17(16)29(24,25)21-10-6-3-7-11-21/h4-5,8-9,12H,3,6-7,10-11,13H2,1-2H3. The van der Waals surface area contributed by atoms with Crippen molar-refractivity contribution >= 4 is 22.0 Å². The molecule has 3 rings (SSSR count). The molecule has 29 heavy (non-hydrogen) atoms. The van der Waals surface area contributed by atoms with Crippen LogP contribution in [0.3, 0.4) is 0 Å². The molecule has 0 bridgehead atoms. The number of sulfonamides is 1. The lowest BCUT2D eigenvalue weighted by Gasteiger charge is -2.26. The highest BCUT2D eigenvalue weighted by atomic mass is 32.2.